The zero-order chi connectivity index (χ0) is 21.4. The Kier molecular flexibility index (Phi) is 6.79. The molecule has 1 unspecified atom stereocenters. The van der Waals surface area contributed by atoms with Crippen LogP contribution >= 0.6 is 22.9 Å². The summed E-state index contributed by atoms with van der Waals surface area (Å²) < 4.78 is 6.57. The number of amides is 2. The van der Waals surface area contributed by atoms with Gasteiger partial charge in [0.2, 0.25) is 5.91 Å². The number of hydrogen-bond acceptors (Lipinski definition) is 5. The zero-order valence-electron chi connectivity index (χ0n) is 17.5. The fourth-order valence-electron chi connectivity index (χ4n) is 2.92. The topological polar surface area (TPSA) is 72.6 Å². The number of aryl methyl sites for hydroxylation is 1. The molecule has 7 heteroatoms. The van der Waals surface area contributed by atoms with Gasteiger partial charge in [-0.2, -0.15) is 0 Å². The number of carbonyl (C=O) groups excluding carboxylic acids is 2. The van der Waals surface area contributed by atoms with Crippen LogP contribution in [0.5, 0.6) is 0 Å². The monoisotopic (exact) mass is 424 g/mol. The molecule has 2 rings (SSSR count). The molecule has 28 heavy (non-hydrogen) atoms. The maximum absolute atomic E-state index is 13.1. The molecule has 0 aliphatic heterocycles. The molecule has 1 aromatic heterocycles. The van der Waals surface area contributed by atoms with Gasteiger partial charge < -0.3 is 10.5 Å². The van der Waals surface area contributed by atoms with Crippen molar-refractivity contribution < 1.29 is 14.3 Å². The summed E-state index contributed by atoms with van der Waals surface area (Å²) in [6, 6.07) is 4.38. The van der Waals surface area contributed by atoms with Gasteiger partial charge in [-0.3, -0.25) is 4.79 Å². The van der Waals surface area contributed by atoms with E-state index >= 15 is 0 Å². The van der Waals surface area contributed by atoms with Gasteiger partial charge >= 0.3 is 6.09 Å². The SMILES string of the molecule is Cc1c(C(C)N(C(=O)OC(C)(C)C)C(=O)[C@@H](N)C(C)C)sc2ccc(Cl)cc12. The lowest BCUT2D eigenvalue weighted by Crippen LogP contribution is -2.51. The number of benzene rings is 1. The normalized spacial score (nSPS) is 14.2. The Bertz CT molecular complexity index is 886. The average molecular weight is 425 g/mol. The van der Waals surface area contributed by atoms with Crippen molar-refractivity contribution in [1.29, 1.82) is 0 Å². The average Bonchev–Trinajstić information content (AvgIpc) is 2.88. The summed E-state index contributed by atoms with van der Waals surface area (Å²) in [6.45, 7) is 12.8. The Morgan fingerprint density at radius 3 is 2.36 bits per heavy atom. The molecular weight excluding hydrogens is 396 g/mol. The molecule has 2 aromatic rings. The number of ether oxygens (including phenoxy) is 1. The maximum atomic E-state index is 13.1. The van der Waals surface area contributed by atoms with Gasteiger partial charge in [0, 0.05) is 14.6 Å². The van der Waals surface area contributed by atoms with Gasteiger partial charge in [0.25, 0.3) is 0 Å². The summed E-state index contributed by atoms with van der Waals surface area (Å²) in [5.41, 5.74) is 6.37. The minimum atomic E-state index is -0.793. The summed E-state index contributed by atoms with van der Waals surface area (Å²) in [6.07, 6.45) is -0.684. The third-order valence-electron chi connectivity index (χ3n) is 4.53. The summed E-state index contributed by atoms with van der Waals surface area (Å²) in [4.78, 5) is 28.1. The number of imide groups is 1. The van der Waals surface area contributed by atoms with Crippen LogP contribution in [0, 0.1) is 12.8 Å². The highest BCUT2D eigenvalue weighted by molar-refractivity contribution is 7.19. The number of fused-ring (bicyclic) bond motifs is 1. The number of rotatable bonds is 4. The molecule has 0 radical (unpaired) electrons. The molecule has 2 atom stereocenters. The number of thiophene rings is 1. The Balaban J connectivity index is 2.51. The van der Waals surface area contributed by atoms with E-state index in [0.717, 1.165) is 25.4 Å². The van der Waals surface area contributed by atoms with E-state index in [9.17, 15) is 9.59 Å². The smallest absolute Gasteiger partial charge is 0.417 e. The Morgan fingerprint density at radius 2 is 1.82 bits per heavy atom. The van der Waals surface area contributed by atoms with E-state index in [4.69, 9.17) is 22.1 Å². The van der Waals surface area contributed by atoms with Crippen LogP contribution in [0.2, 0.25) is 5.02 Å². The molecule has 2 amide bonds. The highest BCUT2D eigenvalue weighted by Gasteiger charge is 2.37. The summed E-state index contributed by atoms with van der Waals surface area (Å²) in [5, 5.41) is 1.67. The third kappa shape index (κ3) is 4.85. The van der Waals surface area contributed by atoms with Gasteiger partial charge in [-0.25, -0.2) is 9.69 Å². The van der Waals surface area contributed by atoms with E-state index < -0.39 is 29.7 Å². The Labute approximate surface area is 175 Å². The molecule has 0 fully saturated rings. The van der Waals surface area contributed by atoms with Crippen molar-refractivity contribution in [3.63, 3.8) is 0 Å². The van der Waals surface area contributed by atoms with E-state index in [1.54, 1.807) is 32.1 Å². The van der Waals surface area contributed by atoms with Gasteiger partial charge in [0.15, 0.2) is 0 Å². The predicted molar refractivity (Wildman–Crippen MR) is 116 cm³/mol. The van der Waals surface area contributed by atoms with E-state index in [0.29, 0.717) is 5.02 Å². The molecule has 0 saturated heterocycles. The fraction of sp³-hybridized carbons (Fsp3) is 0.524. The second-order valence-electron chi connectivity index (χ2n) is 8.37. The first-order chi connectivity index (χ1) is 12.8. The summed E-state index contributed by atoms with van der Waals surface area (Å²) in [7, 11) is 0. The lowest BCUT2D eigenvalue weighted by atomic mass is 10.0. The van der Waals surface area contributed by atoms with Gasteiger partial charge in [0.05, 0.1) is 12.1 Å². The van der Waals surface area contributed by atoms with E-state index in [-0.39, 0.29) is 5.92 Å². The molecular formula is C21H29ClN2O3S. The molecule has 0 aliphatic carbocycles. The lowest BCUT2D eigenvalue weighted by molar-refractivity contribution is -0.134. The van der Waals surface area contributed by atoms with Crippen LogP contribution in [-0.4, -0.2) is 28.5 Å². The number of carbonyl (C=O) groups is 2. The zero-order valence-corrected chi connectivity index (χ0v) is 19.1. The van der Waals surface area contributed by atoms with Crippen LogP contribution in [0.15, 0.2) is 18.2 Å². The van der Waals surface area contributed by atoms with Crippen molar-refractivity contribution in [1.82, 2.24) is 4.90 Å². The van der Waals surface area contributed by atoms with Gasteiger partial charge in [-0.1, -0.05) is 25.4 Å². The number of halogens is 1. The molecule has 2 N–H and O–H groups in total. The quantitative estimate of drug-likeness (QED) is 0.686. The first-order valence-corrected chi connectivity index (χ1v) is 10.5. The Morgan fingerprint density at radius 1 is 1.21 bits per heavy atom. The molecule has 1 aromatic carbocycles. The van der Waals surface area contributed by atoms with Crippen LogP contribution in [0.4, 0.5) is 4.79 Å². The summed E-state index contributed by atoms with van der Waals surface area (Å²) in [5.74, 6) is -0.543. The van der Waals surface area contributed by atoms with E-state index in [1.165, 1.54) is 0 Å². The van der Waals surface area contributed by atoms with Crippen LogP contribution in [-0.2, 0) is 9.53 Å². The second kappa shape index (κ2) is 8.39. The first kappa shape index (κ1) is 22.7. The van der Waals surface area contributed by atoms with Crippen molar-refractivity contribution >= 4 is 45.0 Å². The van der Waals surface area contributed by atoms with Crippen molar-refractivity contribution in [3.8, 4) is 0 Å². The van der Waals surface area contributed by atoms with Crippen LogP contribution in [0.1, 0.15) is 58.0 Å². The molecule has 5 nitrogen and oxygen atoms in total. The molecule has 1 heterocycles. The number of hydrogen-bond donors (Lipinski definition) is 1. The van der Waals surface area contributed by atoms with Crippen LogP contribution in [0.3, 0.4) is 0 Å². The minimum Gasteiger partial charge on any atom is -0.443 e. The summed E-state index contributed by atoms with van der Waals surface area (Å²) >= 11 is 7.68. The van der Waals surface area contributed by atoms with Crippen LogP contribution < -0.4 is 5.73 Å². The van der Waals surface area contributed by atoms with Crippen molar-refractivity contribution in [2.45, 2.75) is 66.2 Å². The number of nitrogens with zero attached hydrogens (tertiary/aromatic N) is 1. The van der Waals surface area contributed by atoms with E-state index in [1.807, 2.05) is 45.9 Å². The molecule has 0 bridgehead atoms. The lowest BCUT2D eigenvalue weighted by Gasteiger charge is -2.32. The highest BCUT2D eigenvalue weighted by atomic mass is 35.5. The van der Waals surface area contributed by atoms with E-state index in [2.05, 4.69) is 0 Å². The predicted octanol–water partition coefficient (Wildman–Crippen LogP) is 5.67. The third-order valence-corrected chi connectivity index (χ3v) is 6.21. The maximum Gasteiger partial charge on any atom is 0.417 e. The minimum absolute atomic E-state index is 0.105. The highest BCUT2D eigenvalue weighted by Crippen LogP contribution is 2.38. The second-order valence-corrected chi connectivity index (χ2v) is 9.89. The van der Waals surface area contributed by atoms with Gasteiger partial charge in [-0.15, -0.1) is 11.3 Å². The molecule has 154 valence electrons. The van der Waals surface area contributed by atoms with Gasteiger partial charge in [-0.05, 0) is 69.7 Å². The fourth-order valence-corrected chi connectivity index (χ4v) is 4.33. The van der Waals surface area contributed by atoms with Crippen molar-refractivity contribution in [2.75, 3.05) is 0 Å². The number of nitrogens with two attached hydrogens (primary N) is 1. The van der Waals surface area contributed by atoms with Crippen molar-refractivity contribution in [3.05, 3.63) is 33.7 Å². The van der Waals surface area contributed by atoms with Gasteiger partial charge in [0.1, 0.15) is 5.60 Å². The molecule has 0 spiro atoms. The van der Waals surface area contributed by atoms with Crippen LogP contribution in [0.25, 0.3) is 10.1 Å². The van der Waals surface area contributed by atoms with Crippen molar-refractivity contribution in [2.24, 2.45) is 11.7 Å². The Hall–Kier alpha value is -1.63. The largest absolute Gasteiger partial charge is 0.443 e. The first-order valence-electron chi connectivity index (χ1n) is 9.33. The standard InChI is InChI=1S/C21H29ClN2O3S/c1-11(2)17(23)19(25)24(20(26)27-21(5,6)7)13(4)18-12(3)15-10-14(22)8-9-16(15)28-18/h8-11,13,17H,23H2,1-7H3/t13?,17-/m0/s1. The molecule has 0 aliphatic rings. The molecule has 0 saturated carbocycles.